The maximum atomic E-state index is 12.1. The van der Waals surface area contributed by atoms with Gasteiger partial charge < -0.3 is 15.7 Å². The van der Waals surface area contributed by atoms with Crippen molar-refractivity contribution in [2.75, 3.05) is 11.9 Å². The number of hydrogen-bond acceptors (Lipinski definition) is 6. The molecule has 2 rings (SSSR count). The van der Waals surface area contributed by atoms with Crippen LogP contribution in [-0.4, -0.2) is 30.5 Å². The van der Waals surface area contributed by atoms with Crippen LogP contribution >= 0.6 is 0 Å². The molecule has 1 amide bonds. The number of benzene rings is 2. The first kappa shape index (κ1) is 20.0. The van der Waals surface area contributed by atoms with Crippen LogP contribution in [0.4, 0.5) is 5.69 Å². The number of carbonyl (C=O) groups excluding carboxylic acids is 1. The van der Waals surface area contributed by atoms with Crippen LogP contribution in [0.3, 0.4) is 0 Å². The normalized spacial score (nSPS) is 11.5. The zero-order valence-corrected chi connectivity index (χ0v) is 14.9. The van der Waals surface area contributed by atoms with Crippen molar-refractivity contribution in [1.29, 1.82) is 5.26 Å². The lowest BCUT2D eigenvalue weighted by molar-refractivity contribution is -0.112. The average molecular weight is 387 g/mol. The van der Waals surface area contributed by atoms with Crippen LogP contribution in [0.15, 0.2) is 65.2 Å². The lowest BCUT2D eigenvalue weighted by Gasteiger charge is -2.06. The summed E-state index contributed by atoms with van der Waals surface area (Å²) in [6.07, 6.45) is 1.93. The van der Waals surface area contributed by atoms with E-state index in [1.54, 1.807) is 30.3 Å². The molecule has 2 aromatic carbocycles. The van der Waals surface area contributed by atoms with Crippen molar-refractivity contribution in [2.24, 2.45) is 0 Å². The van der Waals surface area contributed by atoms with Gasteiger partial charge in [0.2, 0.25) is 0 Å². The maximum absolute atomic E-state index is 12.1. The minimum absolute atomic E-state index is 0.153. The van der Waals surface area contributed by atoms with Crippen LogP contribution in [0.2, 0.25) is 0 Å². The first-order valence-electron chi connectivity index (χ1n) is 7.80. The molecular weight excluding hydrogens is 370 g/mol. The number of phenolic OH excluding ortho intramolecular Hbond substituents is 1. The van der Waals surface area contributed by atoms with Crippen molar-refractivity contribution in [3.63, 3.8) is 0 Å². The lowest BCUT2D eigenvalue weighted by atomic mass is 10.1. The van der Waals surface area contributed by atoms with Gasteiger partial charge in [-0.25, -0.2) is 0 Å². The Morgan fingerprint density at radius 1 is 1.11 bits per heavy atom. The maximum Gasteiger partial charge on any atom is 0.294 e. The van der Waals surface area contributed by atoms with Crippen LogP contribution in [0.25, 0.3) is 0 Å². The Morgan fingerprint density at radius 2 is 1.74 bits per heavy atom. The molecule has 9 heteroatoms. The third kappa shape index (κ3) is 6.14. The molecule has 0 saturated carbocycles. The molecule has 0 aliphatic rings. The molecule has 0 saturated heterocycles. The summed E-state index contributed by atoms with van der Waals surface area (Å²) >= 11 is 0. The summed E-state index contributed by atoms with van der Waals surface area (Å²) in [6, 6.07) is 13.3. The van der Waals surface area contributed by atoms with Gasteiger partial charge in [-0.2, -0.15) is 13.7 Å². The van der Waals surface area contributed by atoms with Crippen molar-refractivity contribution in [2.45, 2.75) is 11.3 Å². The second-order valence-electron chi connectivity index (χ2n) is 5.49. The van der Waals surface area contributed by atoms with E-state index in [1.807, 2.05) is 0 Å². The highest BCUT2D eigenvalue weighted by Crippen LogP contribution is 2.14. The Kier molecular flexibility index (Phi) is 6.54. The number of rotatable bonds is 7. The van der Waals surface area contributed by atoms with E-state index in [9.17, 15) is 18.3 Å². The van der Waals surface area contributed by atoms with Crippen molar-refractivity contribution in [3.8, 4) is 11.8 Å². The van der Waals surface area contributed by atoms with Gasteiger partial charge >= 0.3 is 0 Å². The largest absolute Gasteiger partial charge is 0.508 e. The Hall–Kier alpha value is -3.35. The molecule has 8 nitrogen and oxygen atoms in total. The Bertz CT molecular complexity index is 975. The predicted molar refractivity (Wildman–Crippen MR) is 98.4 cm³/mol. The molecule has 0 unspecified atom stereocenters. The van der Waals surface area contributed by atoms with Gasteiger partial charge in [0.25, 0.3) is 16.0 Å². The molecule has 0 aromatic heterocycles. The molecule has 0 bridgehead atoms. The number of nitriles is 1. The highest BCUT2D eigenvalue weighted by molar-refractivity contribution is 7.85. The second-order valence-corrected chi connectivity index (χ2v) is 6.92. The fourth-order valence-electron chi connectivity index (χ4n) is 2.11. The molecule has 0 spiro atoms. The van der Waals surface area contributed by atoms with E-state index in [0.29, 0.717) is 13.0 Å². The topological polar surface area (TPSA) is 140 Å². The van der Waals surface area contributed by atoms with Crippen LogP contribution in [0.5, 0.6) is 5.75 Å². The predicted octanol–water partition coefficient (Wildman–Crippen LogP) is 1.82. The smallest absolute Gasteiger partial charge is 0.294 e. The molecule has 0 radical (unpaired) electrons. The van der Waals surface area contributed by atoms with Gasteiger partial charge in [-0.3, -0.25) is 9.35 Å². The molecule has 2 aromatic rings. The standard InChI is InChI=1S/C18H17N3O5S/c19-11-14(12-20-10-9-13-1-5-16(22)6-2-13)18(23)21-15-3-7-17(8-4-15)27(24,25)26/h1-8,12,20,22H,9-10H2,(H,21,23)(H,24,25,26)/b14-12-. The molecule has 4 N–H and O–H groups in total. The van der Waals surface area contributed by atoms with Crippen molar-refractivity contribution in [1.82, 2.24) is 5.32 Å². The summed E-state index contributed by atoms with van der Waals surface area (Å²) in [5.41, 5.74) is 1.10. The van der Waals surface area contributed by atoms with E-state index >= 15 is 0 Å². The van der Waals surface area contributed by atoms with Gasteiger partial charge in [-0.15, -0.1) is 0 Å². The quantitative estimate of drug-likeness (QED) is 0.246. The van der Waals surface area contributed by atoms with Gasteiger partial charge in [0, 0.05) is 18.4 Å². The number of hydrogen-bond donors (Lipinski definition) is 4. The number of phenols is 1. The summed E-state index contributed by atoms with van der Waals surface area (Å²) in [4.78, 5) is 11.8. The van der Waals surface area contributed by atoms with Crippen molar-refractivity contribution >= 4 is 21.7 Å². The number of nitrogens with zero attached hydrogens (tertiary/aromatic N) is 1. The molecule has 0 atom stereocenters. The van der Waals surface area contributed by atoms with E-state index in [1.165, 1.54) is 18.3 Å². The lowest BCUT2D eigenvalue weighted by Crippen LogP contribution is -2.18. The van der Waals surface area contributed by atoms with E-state index in [-0.39, 0.29) is 21.9 Å². The third-order valence-corrected chi connectivity index (χ3v) is 4.38. The van der Waals surface area contributed by atoms with Gasteiger partial charge in [-0.1, -0.05) is 12.1 Å². The average Bonchev–Trinajstić information content (AvgIpc) is 2.63. The molecule has 0 fully saturated rings. The van der Waals surface area contributed by atoms with Crippen molar-refractivity contribution < 1.29 is 22.9 Å². The molecule has 0 aliphatic heterocycles. The molecule has 27 heavy (non-hydrogen) atoms. The van der Waals surface area contributed by atoms with E-state index in [2.05, 4.69) is 10.6 Å². The number of nitrogens with one attached hydrogen (secondary N) is 2. The fourth-order valence-corrected chi connectivity index (χ4v) is 2.59. The van der Waals surface area contributed by atoms with E-state index in [4.69, 9.17) is 9.81 Å². The van der Waals surface area contributed by atoms with Crippen LogP contribution < -0.4 is 10.6 Å². The van der Waals surface area contributed by atoms with Gasteiger partial charge in [-0.05, 0) is 48.4 Å². The first-order chi connectivity index (χ1) is 12.8. The molecule has 0 aliphatic carbocycles. The van der Waals surface area contributed by atoms with Gasteiger partial charge in [0.15, 0.2) is 0 Å². The zero-order chi connectivity index (χ0) is 19.9. The Morgan fingerprint density at radius 3 is 2.30 bits per heavy atom. The Labute approximate surface area is 156 Å². The van der Waals surface area contributed by atoms with E-state index in [0.717, 1.165) is 17.7 Å². The van der Waals surface area contributed by atoms with Crippen LogP contribution in [0.1, 0.15) is 5.56 Å². The zero-order valence-electron chi connectivity index (χ0n) is 14.1. The highest BCUT2D eigenvalue weighted by atomic mass is 32.2. The number of carbonyl (C=O) groups is 1. The van der Waals surface area contributed by atoms with Crippen molar-refractivity contribution in [3.05, 3.63) is 65.9 Å². The summed E-state index contributed by atoms with van der Waals surface area (Å²) in [5, 5.41) is 23.7. The number of anilines is 1. The van der Waals surface area contributed by atoms with Gasteiger partial charge in [0.1, 0.15) is 17.4 Å². The summed E-state index contributed by atoms with van der Waals surface area (Å²) in [6.45, 7) is 0.478. The molecule has 140 valence electrons. The second kappa shape index (κ2) is 8.84. The van der Waals surface area contributed by atoms with E-state index < -0.39 is 16.0 Å². The minimum atomic E-state index is -4.31. The number of aromatic hydroxyl groups is 1. The fraction of sp³-hybridized carbons (Fsp3) is 0.111. The first-order valence-corrected chi connectivity index (χ1v) is 9.24. The van der Waals surface area contributed by atoms with Gasteiger partial charge in [0.05, 0.1) is 4.90 Å². The Balaban J connectivity index is 1.91. The summed E-state index contributed by atoms with van der Waals surface area (Å²) in [7, 11) is -4.31. The highest BCUT2D eigenvalue weighted by Gasteiger charge is 2.11. The van der Waals surface area contributed by atoms with Crippen LogP contribution in [-0.2, 0) is 21.3 Å². The third-order valence-electron chi connectivity index (χ3n) is 3.52. The summed E-state index contributed by atoms with van der Waals surface area (Å²) in [5.74, 6) is -0.478. The van der Waals surface area contributed by atoms with Crippen LogP contribution in [0, 0.1) is 11.3 Å². The monoisotopic (exact) mass is 387 g/mol. The summed E-state index contributed by atoms with van der Waals surface area (Å²) < 4.78 is 30.9. The molecule has 0 heterocycles. The molecular formula is C18H17N3O5S. The number of amides is 1. The minimum Gasteiger partial charge on any atom is -0.508 e. The SMILES string of the molecule is N#C/C(=C/NCCc1ccc(O)cc1)C(=O)Nc1ccc(S(=O)(=O)O)cc1.